The van der Waals surface area contributed by atoms with Gasteiger partial charge in [0.25, 0.3) is 5.91 Å². The summed E-state index contributed by atoms with van der Waals surface area (Å²) in [5.74, 6) is 0.147. The Bertz CT molecular complexity index is 596. The van der Waals surface area contributed by atoms with Crippen LogP contribution >= 0.6 is 0 Å². The van der Waals surface area contributed by atoms with Crippen molar-refractivity contribution in [2.75, 3.05) is 11.9 Å². The number of pyridine rings is 1. The Morgan fingerprint density at radius 1 is 1.35 bits per heavy atom. The lowest BCUT2D eigenvalue weighted by atomic mass is 10.1. The van der Waals surface area contributed by atoms with Gasteiger partial charge in [-0.3, -0.25) is 9.78 Å². The van der Waals surface area contributed by atoms with Crippen molar-refractivity contribution in [3.8, 4) is 0 Å². The van der Waals surface area contributed by atoms with Gasteiger partial charge in [0, 0.05) is 18.4 Å². The van der Waals surface area contributed by atoms with Gasteiger partial charge in [0.15, 0.2) is 5.82 Å². The Labute approximate surface area is 116 Å². The molecule has 3 rings (SSSR count). The molecule has 102 valence electrons. The Morgan fingerprint density at radius 2 is 2.30 bits per heavy atom. The molecule has 1 aliphatic heterocycles. The third kappa shape index (κ3) is 2.80. The van der Waals surface area contributed by atoms with E-state index in [-0.39, 0.29) is 11.9 Å². The first kappa shape index (κ1) is 12.7. The predicted molar refractivity (Wildman–Crippen MR) is 74.2 cm³/mol. The molecule has 1 aliphatic rings. The van der Waals surface area contributed by atoms with E-state index >= 15 is 0 Å². The zero-order chi connectivity index (χ0) is 13.8. The number of rotatable bonds is 3. The second-order valence-electron chi connectivity index (χ2n) is 4.64. The van der Waals surface area contributed by atoms with E-state index in [1.165, 1.54) is 12.4 Å². The summed E-state index contributed by atoms with van der Waals surface area (Å²) in [6.07, 6.45) is 6.78. The van der Waals surface area contributed by atoms with E-state index in [0.717, 1.165) is 25.1 Å². The Hall–Kier alpha value is -2.34. The number of aromatic nitrogens is 3. The van der Waals surface area contributed by atoms with Crippen molar-refractivity contribution < 1.29 is 4.79 Å². The highest BCUT2D eigenvalue weighted by Crippen LogP contribution is 2.21. The zero-order valence-corrected chi connectivity index (χ0v) is 10.9. The van der Waals surface area contributed by atoms with Gasteiger partial charge in [-0.25, -0.2) is 9.97 Å². The van der Waals surface area contributed by atoms with Gasteiger partial charge >= 0.3 is 0 Å². The number of carbonyl (C=O) groups excluding carboxylic acids is 1. The summed E-state index contributed by atoms with van der Waals surface area (Å²) < 4.78 is 0. The Kier molecular flexibility index (Phi) is 3.64. The second kappa shape index (κ2) is 5.75. The molecule has 3 heterocycles. The van der Waals surface area contributed by atoms with Crippen LogP contribution in [0.2, 0.25) is 0 Å². The third-order valence-corrected chi connectivity index (χ3v) is 3.23. The van der Waals surface area contributed by atoms with Crippen LogP contribution in [0.25, 0.3) is 0 Å². The van der Waals surface area contributed by atoms with Crippen molar-refractivity contribution in [1.82, 2.24) is 20.3 Å². The quantitative estimate of drug-likeness (QED) is 0.883. The number of carbonyl (C=O) groups is 1. The van der Waals surface area contributed by atoms with Crippen LogP contribution in [0.5, 0.6) is 0 Å². The lowest BCUT2D eigenvalue weighted by Crippen LogP contribution is -2.18. The van der Waals surface area contributed by atoms with E-state index in [2.05, 4.69) is 25.6 Å². The predicted octanol–water partition coefficient (Wildman–Crippen LogP) is 1.55. The summed E-state index contributed by atoms with van der Waals surface area (Å²) in [5.41, 5.74) is 1.30. The molecule has 0 spiro atoms. The average molecular weight is 269 g/mol. The minimum absolute atomic E-state index is 0.249. The van der Waals surface area contributed by atoms with Crippen LogP contribution in [-0.2, 0) is 0 Å². The maximum absolute atomic E-state index is 12.1. The van der Waals surface area contributed by atoms with E-state index in [9.17, 15) is 4.79 Å². The van der Waals surface area contributed by atoms with Crippen molar-refractivity contribution in [3.63, 3.8) is 0 Å². The fraction of sp³-hybridized carbons (Fsp3) is 0.286. The van der Waals surface area contributed by atoms with Crippen LogP contribution < -0.4 is 10.6 Å². The maximum atomic E-state index is 12.1. The van der Waals surface area contributed by atoms with Gasteiger partial charge in [-0.1, -0.05) is 6.07 Å². The first-order valence-electron chi connectivity index (χ1n) is 6.60. The van der Waals surface area contributed by atoms with Crippen molar-refractivity contribution in [2.24, 2.45) is 0 Å². The molecule has 0 bridgehead atoms. The topological polar surface area (TPSA) is 79.8 Å². The molecule has 1 fully saturated rings. The van der Waals surface area contributed by atoms with Gasteiger partial charge in [0.1, 0.15) is 5.69 Å². The molecule has 0 aliphatic carbocycles. The van der Waals surface area contributed by atoms with Gasteiger partial charge in [-0.2, -0.15) is 0 Å². The lowest BCUT2D eigenvalue weighted by molar-refractivity contribution is 0.102. The fourth-order valence-electron chi connectivity index (χ4n) is 2.25. The number of nitrogens with zero attached hydrogens (tertiary/aromatic N) is 3. The fourth-order valence-corrected chi connectivity index (χ4v) is 2.25. The molecule has 20 heavy (non-hydrogen) atoms. The average Bonchev–Trinajstić information content (AvgIpc) is 3.03. The maximum Gasteiger partial charge on any atom is 0.275 e. The molecule has 6 heteroatoms. The first-order chi connectivity index (χ1) is 9.83. The van der Waals surface area contributed by atoms with Crippen molar-refractivity contribution >= 4 is 11.7 Å². The number of nitrogens with one attached hydrogen (secondary N) is 2. The van der Waals surface area contributed by atoms with Crippen LogP contribution in [0.3, 0.4) is 0 Å². The smallest absolute Gasteiger partial charge is 0.275 e. The third-order valence-electron chi connectivity index (χ3n) is 3.23. The summed E-state index contributed by atoms with van der Waals surface area (Å²) in [6, 6.07) is 5.75. The molecule has 1 saturated heterocycles. The number of hydrogen-bond donors (Lipinski definition) is 2. The summed E-state index contributed by atoms with van der Waals surface area (Å²) in [4.78, 5) is 24.5. The van der Waals surface area contributed by atoms with Crippen LogP contribution in [0.4, 0.5) is 5.82 Å². The zero-order valence-electron chi connectivity index (χ0n) is 10.9. The van der Waals surface area contributed by atoms with Crippen LogP contribution in [-0.4, -0.2) is 27.4 Å². The molecule has 2 N–H and O–H groups in total. The Balaban J connectivity index is 1.76. The number of hydrogen-bond acceptors (Lipinski definition) is 5. The highest BCUT2D eigenvalue weighted by atomic mass is 16.1. The van der Waals surface area contributed by atoms with Crippen molar-refractivity contribution in [2.45, 2.75) is 18.9 Å². The molecular formula is C14H15N5O. The van der Waals surface area contributed by atoms with Crippen molar-refractivity contribution in [3.05, 3.63) is 48.2 Å². The summed E-state index contributed by atoms with van der Waals surface area (Å²) >= 11 is 0. The molecule has 1 unspecified atom stereocenters. The van der Waals surface area contributed by atoms with E-state index in [1.807, 2.05) is 12.1 Å². The normalized spacial score (nSPS) is 17.9. The van der Waals surface area contributed by atoms with Gasteiger partial charge in [0.2, 0.25) is 0 Å². The summed E-state index contributed by atoms with van der Waals surface area (Å²) in [6.45, 7) is 1.00. The first-order valence-corrected chi connectivity index (χ1v) is 6.60. The Morgan fingerprint density at radius 3 is 3.05 bits per heavy atom. The van der Waals surface area contributed by atoms with Crippen LogP contribution in [0, 0.1) is 0 Å². The van der Waals surface area contributed by atoms with Gasteiger partial charge in [-0.05, 0) is 31.5 Å². The van der Waals surface area contributed by atoms with Gasteiger partial charge in [0.05, 0.1) is 11.9 Å². The van der Waals surface area contributed by atoms with Crippen LogP contribution in [0.1, 0.15) is 35.1 Å². The molecule has 0 radical (unpaired) electrons. The number of amides is 1. The monoisotopic (exact) mass is 269 g/mol. The molecule has 1 amide bonds. The van der Waals surface area contributed by atoms with Gasteiger partial charge < -0.3 is 10.6 Å². The minimum atomic E-state index is -0.273. The van der Waals surface area contributed by atoms with E-state index in [4.69, 9.17) is 0 Å². The summed E-state index contributed by atoms with van der Waals surface area (Å²) in [5, 5.41) is 6.05. The van der Waals surface area contributed by atoms with E-state index in [1.54, 1.807) is 12.3 Å². The molecule has 1 atom stereocenters. The molecular weight excluding hydrogens is 254 g/mol. The largest absolute Gasteiger partial charge is 0.309 e. The van der Waals surface area contributed by atoms with Gasteiger partial charge in [-0.15, -0.1) is 0 Å². The highest BCUT2D eigenvalue weighted by molar-refractivity contribution is 6.02. The SMILES string of the molecule is O=C(Nc1cnccn1)c1cccc(C2CCCN2)n1. The molecule has 2 aromatic rings. The van der Waals surface area contributed by atoms with E-state index < -0.39 is 0 Å². The number of anilines is 1. The minimum Gasteiger partial charge on any atom is -0.309 e. The standard InChI is InChI=1S/C14H15N5O/c20-14(19-13-9-15-7-8-17-13)12-4-1-3-11(18-12)10-5-2-6-16-10/h1,3-4,7-10,16H,2,5-6H2,(H,17,19,20). The second-order valence-corrected chi connectivity index (χ2v) is 4.64. The van der Waals surface area contributed by atoms with Crippen molar-refractivity contribution in [1.29, 1.82) is 0 Å². The van der Waals surface area contributed by atoms with E-state index in [0.29, 0.717) is 11.5 Å². The molecule has 6 nitrogen and oxygen atoms in total. The highest BCUT2D eigenvalue weighted by Gasteiger charge is 2.18. The molecule has 0 saturated carbocycles. The molecule has 2 aromatic heterocycles. The summed E-state index contributed by atoms with van der Waals surface area (Å²) in [7, 11) is 0. The molecule has 0 aromatic carbocycles. The lowest BCUT2D eigenvalue weighted by Gasteiger charge is -2.10. The van der Waals surface area contributed by atoms with Crippen LogP contribution in [0.15, 0.2) is 36.8 Å².